The van der Waals surface area contributed by atoms with Gasteiger partial charge >= 0.3 is 0 Å². The van der Waals surface area contributed by atoms with Crippen molar-refractivity contribution in [3.8, 4) is 0 Å². The maximum Gasteiger partial charge on any atom is 0.128 e. The van der Waals surface area contributed by atoms with Gasteiger partial charge in [-0.25, -0.2) is 9.97 Å². The minimum Gasteiger partial charge on any atom is -0.384 e. The second-order valence-corrected chi connectivity index (χ2v) is 4.28. The smallest absolute Gasteiger partial charge is 0.128 e. The van der Waals surface area contributed by atoms with Gasteiger partial charge in [-0.1, -0.05) is 11.8 Å². The van der Waals surface area contributed by atoms with E-state index >= 15 is 0 Å². The SMILES string of the molecule is Cc1nc(N)cc(SC2COC2)n1. The lowest BCUT2D eigenvalue weighted by Crippen LogP contribution is -2.30. The fourth-order valence-electron chi connectivity index (χ4n) is 1.08. The van der Waals surface area contributed by atoms with Gasteiger partial charge in [-0.15, -0.1) is 0 Å². The van der Waals surface area contributed by atoms with Crippen LogP contribution in [0.15, 0.2) is 11.1 Å². The van der Waals surface area contributed by atoms with Crippen LogP contribution in [-0.4, -0.2) is 28.4 Å². The van der Waals surface area contributed by atoms with E-state index in [1.54, 1.807) is 17.8 Å². The third kappa shape index (κ3) is 2.10. The molecule has 0 aliphatic carbocycles. The van der Waals surface area contributed by atoms with E-state index in [0.717, 1.165) is 24.1 Å². The van der Waals surface area contributed by atoms with Gasteiger partial charge in [0.05, 0.1) is 18.5 Å². The first kappa shape index (κ1) is 8.77. The standard InChI is InChI=1S/C8H11N3OS/c1-5-10-7(9)2-8(11-5)13-6-3-12-4-6/h2,6H,3-4H2,1H3,(H2,9,10,11). The lowest BCUT2D eigenvalue weighted by molar-refractivity contribution is 0.0454. The summed E-state index contributed by atoms with van der Waals surface area (Å²) in [5.41, 5.74) is 5.60. The van der Waals surface area contributed by atoms with Crippen LogP contribution in [0.2, 0.25) is 0 Å². The van der Waals surface area contributed by atoms with Crippen LogP contribution in [0, 0.1) is 6.92 Å². The zero-order valence-electron chi connectivity index (χ0n) is 7.36. The maximum absolute atomic E-state index is 5.60. The Morgan fingerprint density at radius 2 is 2.31 bits per heavy atom. The molecule has 0 atom stereocenters. The van der Waals surface area contributed by atoms with Gasteiger partial charge in [-0.3, -0.25) is 0 Å². The molecule has 2 rings (SSSR count). The monoisotopic (exact) mass is 197 g/mol. The van der Waals surface area contributed by atoms with Gasteiger partial charge in [0.2, 0.25) is 0 Å². The summed E-state index contributed by atoms with van der Waals surface area (Å²) in [5, 5.41) is 1.48. The van der Waals surface area contributed by atoms with Crippen LogP contribution >= 0.6 is 11.8 Å². The highest BCUT2D eigenvalue weighted by molar-refractivity contribution is 8.00. The second kappa shape index (κ2) is 3.51. The van der Waals surface area contributed by atoms with Gasteiger partial charge in [-0.2, -0.15) is 0 Å². The first-order valence-electron chi connectivity index (χ1n) is 4.09. The molecule has 2 heterocycles. The van der Waals surface area contributed by atoms with E-state index in [9.17, 15) is 0 Å². The van der Waals surface area contributed by atoms with Crippen LogP contribution in [0.25, 0.3) is 0 Å². The van der Waals surface area contributed by atoms with E-state index in [2.05, 4.69) is 9.97 Å². The Bertz CT molecular complexity index is 294. The molecule has 0 saturated carbocycles. The molecule has 1 fully saturated rings. The summed E-state index contributed by atoms with van der Waals surface area (Å²) in [4.78, 5) is 8.28. The van der Waals surface area contributed by atoms with Crippen LogP contribution in [0.3, 0.4) is 0 Å². The first-order valence-corrected chi connectivity index (χ1v) is 4.97. The van der Waals surface area contributed by atoms with Gasteiger partial charge in [0.25, 0.3) is 0 Å². The average Bonchev–Trinajstić information content (AvgIpc) is 1.95. The molecule has 0 aromatic carbocycles. The topological polar surface area (TPSA) is 61.0 Å². The van der Waals surface area contributed by atoms with Crippen molar-refractivity contribution < 1.29 is 4.74 Å². The Morgan fingerprint density at radius 1 is 1.54 bits per heavy atom. The summed E-state index contributed by atoms with van der Waals surface area (Å²) >= 11 is 1.70. The third-order valence-electron chi connectivity index (χ3n) is 1.73. The van der Waals surface area contributed by atoms with Crippen molar-refractivity contribution in [1.29, 1.82) is 0 Å². The van der Waals surface area contributed by atoms with E-state index in [-0.39, 0.29) is 0 Å². The minimum atomic E-state index is 0.536. The van der Waals surface area contributed by atoms with Crippen LogP contribution in [0.5, 0.6) is 0 Å². The number of hydrogen-bond acceptors (Lipinski definition) is 5. The third-order valence-corrected chi connectivity index (χ3v) is 2.79. The number of ether oxygens (including phenoxy) is 1. The minimum absolute atomic E-state index is 0.536. The van der Waals surface area contributed by atoms with E-state index < -0.39 is 0 Å². The normalized spacial score (nSPS) is 17.0. The number of anilines is 1. The highest BCUT2D eigenvalue weighted by atomic mass is 32.2. The molecule has 0 spiro atoms. The summed E-state index contributed by atoms with van der Waals surface area (Å²) in [6.45, 7) is 3.47. The van der Waals surface area contributed by atoms with Crippen LogP contribution < -0.4 is 5.73 Å². The second-order valence-electron chi connectivity index (χ2n) is 2.96. The van der Waals surface area contributed by atoms with E-state index in [1.807, 2.05) is 6.92 Å². The average molecular weight is 197 g/mol. The number of aryl methyl sites for hydroxylation is 1. The summed E-state index contributed by atoms with van der Waals surface area (Å²) in [6.07, 6.45) is 0. The van der Waals surface area contributed by atoms with E-state index in [1.165, 1.54) is 0 Å². The molecule has 1 saturated heterocycles. The molecule has 2 N–H and O–H groups in total. The maximum atomic E-state index is 5.60. The predicted molar refractivity (Wildman–Crippen MR) is 51.6 cm³/mol. The molecule has 1 aromatic heterocycles. The molecule has 5 heteroatoms. The number of hydrogen-bond donors (Lipinski definition) is 1. The quantitative estimate of drug-likeness (QED) is 0.712. The number of aromatic nitrogens is 2. The lowest BCUT2D eigenvalue weighted by atomic mass is 10.4. The Hall–Kier alpha value is -0.810. The summed E-state index contributed by atoms with van der Waals surface area (Å²) < 4.78 is 5.07. The molecular formula is C8H11N3OS. The summed E-state index contributed by atoms with van der Waals surface area (Å²) in [6, 6.07) is 1.80. The van der Waals surface area contributed by atoms with Crippen molar-refractivity contribution >= 4 is 17.6 Å². The number of thioether (sulfide) groups is 1. The highest BCUT2D eigenvalue weighted by Gasteiger charge is 2.20. The van der Waals surface area contributed by atoms with Gasteiger partial charge in [0.1, 0.15) is 16.7 Å². The van der Waals surface area contributed by atoms with Crippen molar-refractivity contribution in [2.24, 2.45) is 0 Å². The molecule has 4 nitrogen and oxygen atoms in total. The fraction of sp³-hybridized carbons (Fsp3) is 0.500. The van der Waals surface area contributed by atoms with Crippen molar-refractivity contribution in [3.05, 3.63) is 11.9 Å². The number of nitrogens with zero attached hydrogens (tertiary/aromatic N) is 2. The summed E-state index contributed by atoms with van der Waals surface area (Å²) in [7, 11) is 0. The molecule has 13 heavy (non-hydrogen) atoms. The Balaban J connectivity index is 2.10. The van der Waals surface area contributed by atoms with E-state index in [4.69, 9.17) is 10.5 Å². The molecule has 70 valence electrons. The van der Waals surface area contributed by atoms with Crippen LogP contribution in [0.1, 0.15) is 5.82 Å². The first-order chi connectivity index (χ1) is 6.24. The molecule has 0 unspecified atom stereocenters. The molecule has 0 radical (unpaired) electrons. The fourth-order valence-corrected chi connectivity index (χ4v) is 2.12. The van der Waals surface area contributed by atoms with Gasteiger partial charge in [0.15, 0.2) is 0 Å². The highest BCUT2D eigenvalue weighted by Crippen LogP contribution is 2.26. The van der Waals surface area contributed by atoms with Crippen LogP contribution in [0.4, 0.5) is 5.82 Å². The summed E-state index contributed by atoms with van der Waals surface area (Å²) in [5.74, 6) is 1.26. The molecule has 1 aliphatic heterocycles. The van der Waals surface area contributed by atoms with E-state index in [0.29, 0.717) is 11.1 Å². The molecule has 0 bridgehead atoms. The molecule has 1 aromatic rings. The molecule has 0 amide bonds. The van der Waals surface area contributed by atoms with Crippen molar-refractivity contribution in [2.75, 3.05) is 18.9 Å². The van der Waals surface area contributed by atoms with Gasteiger partial charge in [0, 0.05) is 6.07 Å². The zero-order valence-corrected chi connectivity index (χ0v) is 8.17. The Labute approximate surface area is 80.9 Å². The van der Waals surface area contributed by atoms with Gasteiger partial charge < -0.3 is 10.5 Å². The Morgan fingerprint density at radius 3 is 2.85 bits per heavy atom. The molecular weight excluding hydrogens is 186 g/mol. The largest absolute Gasteiger partial charge is 0.384 e. The predicted octanol–water partition coefficient (Wildman–Crippen LogP) is 0.858. The van der Waals surface area contributed by atoms with Crippen LogP contribution in [-0.2, 0) is 4.74 Å². The van der Waals surface area contributed by atoms with Gasteiger partial charge in [-0.05, 0) is 6.92 Å². The van der Waals surface area contributed by atoms with Crippen molar-refractivity contribution in [2.45, 2.75) is 17.2 Å². The number of nitrogens with two attached hydrogens (primary N) is 1. The molecule has 1 aliphatic rings. The number of nitrogen functional groups attached to an aromatic ring is 1. The Kier molecular flexibility index (Phi) is 2.37. The number of rotatable bonds is 2. The zero-order chi connectivity index (χ0) is 9.26. The lowest BCUT2D eigenvalue weighted by Gasteiger charge is -2.24. The van der Waals surface area contributed by atoms with Crippen molar-refractivity contribution in [3.63, 3.8) is 0 Å². The van der Waals surface area contributed by atoms with Crippen molar-refractivity contribution in [1.82, 2.24) is 9.97 Å².